The smallest absolute Gasteiger partial charge is 0.201 e. The fourth-order valence-corrected chi connectivity index (χ4v) is 6.09. The van der Waals surface area contributed by atoms with Gasteiger partial charge >= 0.3 is 0 Å². The zero-order valence-electron chi connectivity index (χ0n) is 15.0. The second-order valence-electron chi connectivity index (χ2n) is 8.25. The lowest BCUT2D eigenvalue weighted by Gasteiger charge is -2.62. The van der Waals surface area contributed by atoms with Gasteiger partial charge in [-0.2, -0.15) is 5.26 Å². The second kappa shape index (κ2) is 6.15. The molecule has 4 aliphatic heterocycles. The summed E-state index contributed by atoms with van der Waals surface area (Å²) >= 11 is 3.89. The highest BCUT2D eigenvalue weighted by atomic mass is 79.9. The van der Waals surface area contributed by atoms with Crippen LogP contribution in [0.5, 0.6) is 0 Å². The number of alkyl halides is 1. The normalized spacial score (nSPS) is 54.4. The molecule has 140 valence electrons. The van der Waals surface area contributed by atoms with Gasteiger partial charge in [0.05, 0.1) is 23.4 Å². The summed E-state index contributed by atoms with van der Waals surface area (Å²) < 4.78 is 18.0. The predicted molar refractivity (Wildman–Crippen MR) is 91.2 cm³/mol. The molecule has 1 aliphatic carbocycles. The van der Waals surface area contributed by atoms with Crippen molar-refractivity contribution in [1.82, 2.24) is 0 Å². The van der Waals surface area contributed by atoms with Gasteiger partial charge in [-0.1, -0.05) is 22.9 Å². The van der Waals surface area contributed by atoms with Crippen LogP contribution in [0.4, 0.5) is 0 Å². The minimum absolute atomic E-state index is 0.134. The highest BCUT2D eigenvalue weighted by molar-refractivity contribution is 9.10. The molecule has 5 fully saturated rings. The molecule has 1 unspecified atom stereocenters. The number of rotatable bonds is 3. The zero-order chi connectivity index (χ0) is 17.9. The molecule has 5 aliphatic rings. The Morgan fingerprint density at radius 3 is 2.80 bits per heavy atom. The Hall–Kier alpha value is -0.230. The Kier molecular flexibility index (Phi) is 4.46. The topological polar surface area (TPSA) is 69.9 Å². The van der Waals surface area contributed by atoms with E-state index in [2.05, 4.69) is 35.8 Å². The molecule has 1 saturated carbocycles. The van der Waals surface area contributed by atoms with Crippen LogP contribution in [0.15, 0.2) is 0 Å². The summed E-state index contributed by atoms with van der Waals surface area (Å²) in [6, 6.07) is 2.11. The van der Waals surface area contributed by atoms with Crippen LogP contribution in [-0.2, 0) is 24.0 Å². The maximum Gasteiger partial charge on any atom is 0.201 e. The number of fused-ring (bicyclic) bond motifs is 2. The van der Waals surface area contributed by atoms with E-state index in [1.54, 1.807) is 0 Å². The minimum atomic E-state index is -0.783. The number of ether oxygens (including phenoxy) is 3. The maximum absolute atomic E-state index is 8.80. The van der Waals surface area contributed by atoms with Gasteiger partial charge in [0.1, 0.15) is 0 Å². The summed E-state index contributed by atoms with van der Waals surface area (Å²) in [6.45, 7) is 6.63. The van der Waals surface area contributed by atoms with Crippen LogP contribution in [0, 0.1) is 29.1 Å². The second-order valence-corrected chi connectivity index (χ2v) is 9.96. The fraction of sp³-hybridized carbons (Fsp3) is 0.944. The molecular weight excluding hydrogens is 390 g/mol. The summed E-state index contributed by atoms with van der Waals surface area (Å²) in [6.07, 6.45) is 3.22. The third-order valence-corrected chi connectivity index (χ3v) is 7.52. The molecule has 25 heavy (non-hydrogen) atoms. The number of halogens is 1. The van der Waals surface area contributed by atoms with Crippen LogP contribution < -0.4 is 0 Å². The number of nitriles is 1. The van der Waals surface area contributed by atoms with Crippen molar-refractivity contribution in [2.45, 2.75) is 81.2 Å². The Balaban J connectivity index is 1.71. The van der Waals surface area contributed by atoms with E-state index in [0.717, 1.165) is 25.7 Å². The van der Waals surface area contributed by atoms with Crippen molar-refractivity contribution in [2.24, 2.45) is 17.8 Å². The Morgan fingerprint density at radius 1 is 1.24 bits per heavy atom. The van der Waals surface area contributed by atoms with Crippen molar-refractivity contribution < 1.29 is 24.0 Å². The number of hydrogen-bond donors (Lipinski definition) is 0. The third-order valence-electron chi connectivity index (χ3n) is 6.59. The highest BCUT2D eigenvalue weighted by Crippen LogP contribution is 2.63. The van der Waals surface area contributed by atoms with E-state index in [0.29, 0.717) is 24.9 Å². The van der Waals surface area contributed by atoms with Crippen molar-refractivity contribution in [1.29, 1.82) is 5.26 Å². The van der Waals surface area contributed by atoms with E-state index >= 15 is 0 Å². The minimum Gasteiger partial charge on any atom is -0.350 e. The SMILES string of the molecule is C[C@@H]1CC[C@H]2C(C)(Br)[C@@H](OCCC#N)O[C@@H]3O[C@@]4(C)CC[C@@H]1[C@]32OO4. The molecule has 8 atom stereocenters. The van der Waals surface area contributed by atoms with Gasteiger partial charge in [0.25, 0.3) is 0 Å². The largest absolute Gasteiger partial charge is 0.350 e. The molecule has 0 radical (unpaired) electrons. The molecule has 0 aromatic heterocycles. The molecule has 7 heteroatoms. The first-order valence-corrected chi connectivity index (χ1v) is 10.0. The Bertz CT molecular complexity index is 580. The summed E-state index contributed by atoms with van der Waals surface area (Å²) in [4.78, 5) is 11.9. The first-order valence-electron chi connectivity index (χ1n) is 9.21. The van der Waals surface area contributed by atoms with E-state index in [4.69, 9.17) is 29.2 Å². The molecule has 0 aromatic carbocycles. The van der Waals surface area contributed by atoms with Gasteiger partial charge in [-0.05, 0) is 44.9 Å². The van der Waals surface area contributed by atoms with Crippen LogP contribution in [0.25, 0.3) is 0 Å². The van der Waals surface area contributed by atoms with E-state index in [9.17, 15) is 0 Å². The molecule has 0 amide bonds. The number of hydrogen-bond acceptors (Lipinski definition) is 6. The van der Waals surface area contributed by atoms with Crippen molar-refractivity contribution in [2.75, 3.05) is 6.61 Å². The summed E-state index contributed by atoms with van der Waals surface area (Å²) in [5.41, 5.74) is -0.624. The van der Waals surface area contributed by atoms with Crippen molar-refractivity contribution in [3.8, 4) is 6.07 Å². The molecule has 0 aromatic rings. The van der Waals surface area contributed by atoms with Crippen molar-refractivity contribution in [3.05, 3.63) is 0 Å². The molecule has 0 N–H and O–H groups in total. The van der Waals surface area contributed by atoms with Gasteiger partial charge in [0.2, 0.25) is 5.79 Å². The van der Waals surface area contributed by atoms with Crippen LogP contribution in [0.3, 0.4) is 0 Å². The first-order chi connectivity index (χ1) is 11.8. The molecular formula is C18H26BrNO5. The standard InChI is InChI=1S/C18H26BrNO5/c1-11-5-6-13-17(3,19)14(21-10-4-9-20)22-15-18(13)12(11)7-8-16(2,23-15)24-25-18/h11-15H,4-8,10H2,1-3H3/t11-,12+,13+,14+,15-,16-,17?,18-/m1/s1. The average molecular weight is 416 g/mol. The average Bonchev–Trinajstić information content (AvgIpc) is 2.78. The lowest BCUT2D eigenvalue weighted by Crippen LogP contribution is -2.74. The predicted octanol–water partition coefficient (Wildman–Crippen LogP) is 3.64. The molecule has 4 saturated heterocycles. The lowest BCUT2D eigenvalue weighted by molar-refractivity contribution is -0.575. The van der Waals surface area contributed by atoms with E-state index < -0.39 is 28.3 Å². The van der Waals surface area contributed by atoms with Crippen LogP contribution in [0.2, 0.25) is 0 Å². The monoisotopic (exact) mass is 415 g/mol. The number of nitrogens with zero attached hydrogens (tertiary/aromatic N) is 1. The lowest BCUT2D eigenvalue weighted by atomic mass is 9.58. The van der Waals surface area contributed by atoms with Crippen molar-refractivity contribution in [3.63, 3.8) is 0 Å². The fourth-order valence-electron chi connectivity index (χ4n) is 5.27. The third kappa shape index (κ3) is 2.60. The summed E-state index contributed by atoms with van der Waals surface area (Å²) in [7, 11) is 0. The Morgan fingerprint density at radius 2 is 2.04 bits per heavy atom. The van der Waals surface area contributed by atoms with Gasteiger partial charge < -0.3 is 14.2 Å². The molecule has 2 bridgehead atoms. The van der Waals surface area contributed by atoms with Gasteiger partial charge in [0.15, 0.2) is 18.2 Å². The van der Waals surface area contributed by atoms with Crippen molar-refractivity contribution >= 4 is 15.9 Å². The van der Waals surface area contributed by atoms with Gasteiger partial charge in [-0.25, -0.2) is 9.78 Å². The van der Waals surface area contributed by atoms with Gasteiger partial charge in [0, 0.05) is 12.3 Å². The molecule has 1 spiro atoms. The zero-order valence-corrected chi connectivity index (χ0v) is 16.6. The van der Waals surface area contributed by atoms with Crippen LogP contribution >= 0.6 is 15.9 Å². The first kappa shape index (κ1) is 18.1. The van der Waals surface area contributed by atoms with E-state index in [-0.39, 0.29) is 5.92 Å². The van der Waals surface area contributed by atoms with E-state index in [1.165, 1.54) is 0 Å². The van der Waals surface area contributed by atoms with Crippen LogP contribution in [-0.4, -0.2) is 34.9 Å². The molecule has 5 rings (SSSR count). The van der Waals surface area contributed by atoms with E-state index in [1.807, 2.05) is 6.92 Å². The van der Waals surface area contributed by atoms with Gasteiger partial charge in [-0.3, -0.25) is 0 Å². The maximum atomic E-state index is 8.80. The highest BCUT2D eigenvalue weighted by Gasteiger charge is 2.72. The quantitative estimate of drug-likeness (QED) is 0.398. The summed E-state index contributed by atoms with van der Waals surface area (Å²) in [5.74, 6) is 0.191. The molecule has 4 heterocycles. The Labute approximate surface area is 157 Å². The van der Waals surface area contributed by atoms with Crippen LogP contribution in [0.1, 0.15) is 52.9 Å². The summed E-state index contributed by atoms with van der Waals surface area (Å²) in [5, 5.41) is 8.80. The van der Waals surface area contributed by atoms with Gasteiger partial charge in [-0.15, -0.1) is 0 Å². The molecule has 6 nitrogen and oxygen atoms in total.